The molecule has 0 aliphatic heterocycles. The highest BCUT2D eigenvalue weighted by Crippen LogP contribution is 2.37. The zero-order valence-electron chi connectivity index (χ0n) is 10.6. The number of halogens is 3. The van der Waals surface area contributed by atoms with Crippen LogP contribution in [0.3, 0.4) is 0 Å². The number of hydrogen-bond acceptors (Lipinski definition) is 4. The number of aromatic nitrogens is 1. The summed E-state index contributed by atoms with van der Waals surface area (Å²) in [5, 5.41) is 0. The van der Waals surface area contributed by atoms with E-state index in [0.29, 0.717) is 0 Å². The Hall–Kier alpha value is -2.31. The fraction of sp³-hybridized carbons (Fsp3) is 0.231. The van der Waals surface area contributed by atoms with Gasteiger partial charge in [0.15, 0.2) is 5.69 Å². The van der Waals surface area contributed by atoms with Crippen molar-refractivity contribution < 1.29 is 27.1 Å². The molecule has 0 saturated heterocycles. The second-order valence-electron chi connectivity index (χ2n) is 3.96. The van der Waals surface area contributed by atoms with Gasteiger partial charge in [-0.05, 0) is 19.1 Å². The molecule has 20 heavy (non-hydrogen) atoms. The number of nitrogens with zero attached hydrogens (tertiary/aromatic N) is 1. The van der Waals surface area contributed by atoms with Gasteiger partial charge in [0.1, 0.15) is 5.76 Å². The van der Waals surface area contributed by atoms with E-state index in [0.717, 1.165) is 13.2 Å². The molecule has 0 atom stereocenters. The van der Waals surface area contributed by atoms with Gasteiger partial charge in [0.2, 0.25) is 5.89 Å². The number of oxazole rings is 1. The Labute approximate surface area is 112 Å². The van der Waals surface area contributed by atoms with Crippen LogP contribution in [0.5, 0.6) is 0 Å². The average Bonchev–Trinajstić information content (AvgIpc) is 2.79. The van der Waals surface area contributed by atoms with E-state index in [1.54, 1.807) is 0 Å². The van der Waals surface area contributed by atoms with E-state index in [-0.39, 0.29) is 22.9 Å². The lowest BCUT2D eigenvalue weighted by Gasteiger charge is -2.09. The SMILES string of the molecule is COC(=O)c1nc(-c2ccccc2C(F)(F)F)oc1C. The van der Waals surface area contributed by atoms with Gasteiger partial charge < -0.3 is 9.15 Å². The maximum atomic E-state index is 12.9. The average molecular weight is 285 g/mol. The van der Waals surface area contributed by atoms with Crippen LogP contribution < -0.4 is 0 Å². The van der Waals surface area contributed by atoms with Crippen molar-refractivity contribution in [2.75, 3.05) is 7.11 Å². The summed E-state index contributed by atoms with van der Waals surface area (Å²) in [4.78, 5) is 15.2. The molecule has 2 rings (SSSR count). The molecule has 1 aromatic heterocycles. The topological polar surface area (TPSA) is 52.3 Å². The van der Waals surface area contributed by atoms with Crippen LogP contribution in [0.1, 0.15) is 21.8 Å². The molecule has 0 spiro atoms. The minimum absolute atomic E-state index is 0.101. The zero-order chi connectivity index (χ0) is 14.9. The predicted octanol–water partition coefficient (Wildman–Crippen LogP) is 3.46. The Morgan fingerprint density at radius 1 is 1.30 bits per heavy atom. The zero-order valence-corrected chi connectivity index (χ0v) is 10.6. The number of esters is 1. The Morgan fingerprint density at radius 3 is 2.55 bits per heavy atom. The second-order valence-corrected chi connectivity index (χ2v) is 3.96. The van der Waals surface area contributed by atoms with E-state index >= 15 is 0 Å². The summed E-state index contributed by atoms with van der Waals surface area (Å²) in [7, 11) is 1.15. The first-order chi connectivity index (χ1) is 9.34. The quantitative estimate of drug-likeness (QED) is 0.793. The highest BCUT2D eigenvalue weighted by atomic mass is 19.4. The number of rotatable bonds is 2. The molecule has 0 fully saturated rings. The Kier molecular flexibility index (Phi) is 3.52. The molecule has 0 aliphatic rings. The lowest BCUT2D eigenvalue weighted by Crippen LogP contribution is -2.07. The third-order valence-electron chi connectivity index (χ3n) is 2.64. The maximum Gasteiger partial charge on any atom is 0.417 e. The van der Waals surface area contributed by atoms with Crippen molar-refractivity contribution in [3.05, 3.63) is 41.3 Å². The Morgan fingerprint density at radius 2 is 1.95 bits per heavy atom. The van der Waals surface area contributed by atoms with Gasteiger partial charge in [-0.3, -0.25) is 0 Å². The van der Waals surface area contributed by atoms with Gasteiger partial charge in [0.25, 0.3) is 0 Å². The normalized spacial score (nSPS) is 11.4. The van der Waals surface area contributed by atoms with Gasteiger partial charge in [-0.1, -0.05) is 12.1 Å². The number of alkyl halides is 3. The Bertz CT molecular complexity index is 647. The minimum atomic E-state index is -4.54. The number of carbonyl (C=O) groups is 1. The lowest BCUT2D eigenvalue weighted by atomic mass is 10.1. The molecule has 2 aromatic rings. The number of methoxy groups -OCH3 is 1. The molecule has 1 heterocycles. The van der Waals surface area contributed by atoms with Crippen LogP contribution >= 0.6 is 0 Å². The van der Waals surface area contributed by atoms with E-state index in [2.05, 4.69) is 9.72 Å². The third kappa shape index (κ3) is 2.52. The van der Waals surface area contributed by atoms with Crippen LogP contribution in [0, 0.1) is 6.92 Å². The van der Waals surface area contributed by atoms with E-state index in [1.165, 1.54) is 25.1 Å². The second kappa shape index (κ2) is 4.99. The van der Waals surface area contributed by atoms with Crippen LogP contribution in [-0.4, -0.2) is 18.1 Å². The van der Waals surface area contributed by atoms with Crippen molar-refractivity contribution in [3.63, 3.8) is 0 Å². The monoisotopic (exact) mass is 285 g/mol. The summed E-state index contributed by atoms with van der Waals surface area (Å²) in [6, 6.07) is 4.85. The van der Waals surface area contributed by atoms with Crippen molar-refractivity contribution in [2.24, 2.45) is 0 Å². The van der Waals surface area contributed by atoms with Crippen molar-refractivity contribution in [1.82, 2.24) is 4.98 Å². The van der Waals surface area contributed by atoms with E-state index in [4.69, 9.17) is 4.42 Å². The summed E-state index contributed by atoms with van der Waals surface area (Å²) in [6.45, 7) is 1.43. The largest absolute Gasteiger partial charge is 0.464 e. The first-order valence-electron chi connectivity index (χ1n) is 5.57. The van der Waals surface area contributed by atoms with Crippen LogP contribution in [0.25, 0.3) is 11.5 Å². The summed E-state index contributed by atoms with van der Waals surface area (Å²) in [5.41, 5.74) is -1.24. The molecule has 0 aliphatic carbocycles. The van der Waals surface area contributed by atoms with Gasteiger partial charge in [-0.2, -0.15) is 13.2 Å². The highest BCUT2D eigenvalue weighted by Gasteiger charge is 2.35. The number of ether oxygens (including phenoxy) is 1. The van der Waals surface area contributed by atoms with Crippen molar-refractivity contribution in [1.29, 1.82) is 0 Å². The van der Waals surface area contributed by atoms with Crippen LogP contribution in [-0.2, 0) is 10.9 Å². The van der Waals surface area contributed by atoms with E-state index in [9.17, 15) is 18.0 Å². The van der Waals surface area contributed by atoms with Gasteiger partial charge >= 0.3 is 12.1 Å². The molecular weight excluding hydrogens is 275 g/mol. The highest BCUT2D eigenvalue weighted by molar-refractivity contribution is 5.88. The summed E-state index contributed by atoms with van der Waals surface area (Å²) >= 11 is 0. The fourth-order valence-corrected chi connectivity index (χ4v) is 1.71. The third-order valence-corrected chi connectivity index (χ3v) is 2.64. The summed E-state index contributed by atoms with van der Waals surface area (Å²) in [6.07, 6.45) is -4.54. The molecule has 4 nitrogen and oxygen atoms in total. The van der Waals surface area contributed by atoms with Crippen LogP contribution in [0.15, 0.2) is 28.7 Å². The molecular formula is C13H10F3NO3. The number of carbonyl (C=O) groups excluding carboxylic acids is 1. The van der Waals surface area contributed by atoms with Crippen LogP contribution in [0.2, 0.25) is 0 Å². The number of aryl methyl sites for hydroxylation is 1. The summed E-state index contributed by atoms with van der Waals surface area (Å²) in [5.74, 6) is -0.929. The van der Waals surface area contributed by atoms with Gasteiger partial charge in [0.05, 0.1) is 12.7 Å². The first-order valence-corrected chi connectivity index (χ1v) is 5.57. The molecule has 0 saturated carbocycles. The van der Waals surface area contributed by atoms with E-state index in [1.807, 2.05) is 0 Å². The predicted molar refractivity (Wildman–Crippen MR) is 63.0 cm³/mol. The molecule has 0 radical (unpaired) electrons. The minimum Gasteiger partial charge on any atom is -0.464 e. The van der Waals surface area contributed by atoms with E-state index < -0.39 is 17.7 Å². The molecule has 106 valence electrons. The van der Waals surface area contributed by atoms with Crippen molar-refractivity contribution >= 4 is 5.97 Å². The van der Waals surface area contributed by atoms with Gasteiger partial charge in [0, 0.05) is 5.56 Å². The molecule has 0 N–H and O–H groups in total. The van der Waals surface area contributed by atoms with Gasteiger partial charge in [-0.15, -0.1) is 0 Å². The molecule has 1 aromatic carbocycles. The summed E-state index contributed by atoms with van der Waals surface area (Å²) < 4.78 is 48.3. The number of benzene rings is 1. The lowest BCUT2D eigenvalue weighted by molar-refractivity contribution is -0.137. The molecule has 0 bridgehead atoms. The first kappa shape index (κ1) is 14.1. The molecule has 0 amide bonds. The molecule has 0 unspecified atom stereocenters. The smallest absolute Gasteiger partial charge is 0.417 e. The fourth-order valence-electron chi connectivity index (χ4n) is 1.71. The standard InChI is InChI=1S/C13H10F3NO3/c1-7-10(12(18)19-2)17-11(20-7)8-5-3-4-6-9(8)13(14,15)16/h3-6H,1-2H3. The Balaban J connectivity index is 2.56. The molecule has 7 heteroatoms. The van der Waals surface area contributed by atoms with Crippen LogP contribution in [0.4, 0.5) is 13.2 Å². The van der Waals surface area contributed by atoms with Crippen molar-refractivity contribution in [3.8, 4) is 11.5 Å². The van der Waals surface area contributed by atoms with Gasteiger partial charge in [-0.25, -0.2) is 9.78 Å². The maximum absolute atomic E-state index is 12.9. The number of hydrogen-bond donors (Lipinski definition) is 0. The van der Waals surface area contributed by atoms with Crippen molar-refractivity contribution in [2.45, 2.75) is 13.1 Å².